The molecule has 2 aromatic rings. The first kappa shape index (κ1) is 22.4. The van der Waals surface area contributed by atoms with E-state index in [9.17, 15) is 18.8 Å². The van der Waals surface area contributed by atoms with E-state index in [4.69, 9.17) is 16.3 Å². The van der Waals surface area contributed by atoms with Crippen molar-refractivity contribution in [2.45, 2.75) is 31.8 Å². The number of halogens is 2. The molecule has 0 heterocycles. The molecule has 0 aliphatic heterocycles. The van der Waals surface area contributed by atoms with Gasteiger partial charge in [0.1, 0.15) is 17.9 Å². The fourth-order valence-electron chi connectivity index (χ4n) is 2.80. The first-order valence-electron chi connectivity index (χ1n) is 8.93. The third-order valence-corrected chi connectivity index (χ3v) is 4.60. The van der Waals surface area contributed by atoms with E-state index in [1.807, 2.05) is 0 Å². The molecule has 0 radical (unpaired) electrons. The molecule has 6 nitrogen and oxygen atoms in total. The predicted octanol–water partition coefficient (Wildman–Crippen LogP) is 2.43. The summed E-state index contributed by atoms with van der Waals surface area (Å²) in [5, 5.41) is 5.64. The van der Waals surface area contributed by atoms with Crippen LogP contribution in [0.3, 0.4) is 0 Å². The molecule has 8 heteroatoms. The molecule has 154 valence electrons. The number of rotatable bonds is 8. The molecule has 2 N–H and O–H groups in total. The fraction of sp³-hybridized carbons (Fsp3) is 0.286. The van der Waals surface area contributed by atoms with E-state index < -0.39 is 35.7 Å². The average molecular weight is 421 g/mol. The van der Waals surface area contributed by atoms with Crippen molar-refractivity contribution in [1.82, 2.24) is 10.6 Å². The molecule has 0 aliphatic carbocycles. The Labute approximate surface area is 173 Å². The number of hydrogen-bond donors (Lipinski definition) is 2. The highest BCUT2D eigenvalue weighted by Gasteiger charge is 2.27. The van der Waals surface area contributed by atoms with Crippen LogP contribution in [0.25, 0.3) is 0 Å². The second-order valence-corrected chi connectivity index (χ2v) is 6.87. The molecule has 29 heavy (non-hydrogen) atoms. The van der Waals surface area contributed by atoms with Gasteiger partial charge in [-0.25, -0.2) is 9.18 Å². The number of benzene rings is 2. The molecule has 2 aromatic carbocycles. The van der Waals surface area contributed by atoms with Gasteiger partial charge in [-0.05, 0) is 29.3 Å². The van der Waals surface area contributed by atoms with Crippen LogP contribution in [0.15, 0.2) is 48.5 Å². The summed E-state index contributed by atoms with van der Waals surface area (Å²) in [7, 11) is 1.22. The van der Waals surface area contributed by atoms with Crippen LogP contribution in [0.4, 0.5) is 4.39 Å². The van der Waals surface area contributed by atoms with Crippen molar-refractivity contribution in [2.75, 3.05) is 7.11 Å². The predicted molar refractivity (Wildman–Crippen MR) is 107 cm³/mol. The van der Waals surface area contributed by atoms with Crippen molar-refractivity contribution in [3.8, 4) is 0 Å². The Hall–Kier alpha value is -2.93. The van der Waals surface area contributed by atoms with Gasteiger partial charge in [0.2, 0.25) is 11.8 Å². The minimum absolute atomic E-state index is 0.126. The van der Waals surface area contributed by atoms with Gasteiger partial charge in [0.05, 0.1) is 7.11 Å². The molecule has 0 unspecified atom stereocenters. The van der Waals surface area contributed by atoms with E-state index in [0.29, 0.717) is 16.1 Å². The second kappa shape index (κ2) is 10.6. The van der Waals surface area contributed by atoms with Gasteiger partial charge in [0.15, 0.2) is 0 Å². The Balaban J connectivity index is 2.17. The summed E-state index contributed by atoms with van der Waals surface area (Å²) < 4.78 is 17.9. The van der Waals surface area contributed by atoms with Crippen molar-refractivity contribution >= 4 is 29.4 Å². The molecule has 0 fully saturated rings. The Bertz CT molecular complexity index is 873. The smallest absolute Gasteiger partial charge is 0.328 e. The minimum Gasteiger partial charge on any atom is -0.467 e. The van der Waals surface area contributed by atoms with Crippen LogP contribution in [0.1, 0.15) is 18.1 Å². The van der Waals surface area contributed by atoms with Crippen LogP contribution < -0.4 is 10.6 Å². The maximum Gasteiger partial charge on any atom is 0.328 e. The number of carbonyl (C=O) groups excluding carboxylic acids is 3. The fourth-order valence-corrected chi connectivity index (χ4v) is 3.02. The quantitative estimate of drug-likeness (QED) is 0.642. The van der Waals surface area contributed by atoms with E-state index in [0.717, 1.165) is 0 Å². The Morgan fingerprint density at radius 3 is 2.24 bits per heavy atom. The van der Waals surface area contributed by atoms with Crippen molar-refractivity contribution in [2.24, 2.45) is 0 Å². The van der Waals surface area contributed by atoms with Crippen molar-refractivity contribution in [3.63, 3.8) is 0 Å². The molecular formula is C21H22ClFN2O4. The molecule has 2 atom stereocenters. The van der Waals surface area contributed by atoms with Gasteiger partial charge in [-0.15, -0.1) is 0 Å². The molecule has 0 aliphatic rings. The normalized spacial score (nSPS) is 12.6. The molecule has 2 amide bonds. The third-order valence-electron chi connectivity index (χ3n) is 4.23. The van der Waals surface area contributed by atoms with Gasteiger partial charge in [-0.1, -0.05) is 41.9 Å². The summed E-state index contributed by atoms with van der Waals surface area (Å²) in [5.41, 5.74) is 1.32. The minimum atomic E-state index is -0.989. The molecule has 0 saturated carbocycles. The molecular weight excluding hydrogens is 399 g/mol. The van der Waals surface area contributed by atoms with Crippen LogP contribution in [-0.4, -0.2) is 37.0 Å². The van der Waals surface area contributed by atoms with Crippen LogP contribution in [0, 0.1) is 5.82 Å². The van der Waals surface area contributed by atoms with Gasteiger partial charge in [-0.3, -0.25) is 9.59 Å². The van der Waals surface area contributed by atoms with E-state index in [1.54, 1.807) is 24.3 Å². The highest BCUT2D eigenvalue weighted by molar-refractivity contribution is 6.31. The van der Waals surface area contributed by atoms with Crippen LogP contribution in [0.5, 0.6) is 0 Å². The molecule has 0 spiro atoms. The Morgan fingerprint density at radius 2 is 1.66 bits per heavy atom. The van der Waals surface area contributed by atoms with E-state index in [-0.39, 0.29) is 12.8 Å². The topological polar surface area (TPSA) is 84.5 Å². The zero-order chi connectivity index (χ0) is 21.4. The van der Waals surface area contributed by atoms with E-state index >= 15 is 0 Å². The third kappa shape index (κ3) is 6.87. The lowest BCUT2D eigenvalue weighted by atomic mass is 10.0. The lowest BCUT2D eigenvalue weighted by Crippen LogP contribution is -2.53. The Kier molecular flexibility index (Phi) is 8.15. The number of nitrogens with one attached hydrogen (secondary N) is 2. The van der Waals surface area contributed by atoms with Crippen LogP contribution >= 0.6 is 11.6 Å². The van der Waals surface area contributed by atoms with Gasteiger partial charge in [-0.2, -0.15) is 0 Å². The summed E-state index contributed by atoms with van der Waals surface area (Å²) >= 11 is 6.15. The largest absolute Gasteiger partial charge is 0.467 e. The summed E-state index contributed by atoms with van der Waals surface area (Å²) in [6.45, 7) is 1.28. The summed E-state index contributed by atoms with van der Waals surface area (Å²) in [4.78, 5) is 36.6. The summed E-state index contributed by atoms with van der Waals surface area (Å²) in [6, 6.07) is 10.6. The number of carbonyl (C=O) groups is 3. The van der Waals surface area contributed by atoms with Gasteiger partial charge < -0.3 is 15.4 Å². The highest BCUT2D eigenvalue weighted by Crippen LogP contribution is 2.17. The maximum atomic E-state index is 13.1. The number of ether oxygens (including phenoxy) is 1. The number of hydrogen-bond acceptors (Lipinski definition) is 4. The second-order valence-electron chi connectivity index (χ2n) is 6.46. The SMILES string of the molecule is COC(=O)[C@H](Cc1ccccc1Cl)NC(=O)[C@H](Cc1ccc(F)cc1)NC(C)=O. The molecule has 2 rings (SSSR count). The zero-order valence-corrected chi connectivity index (χ0v) is 16.8. The molecule has 0 aromatic heterocycles. The van der Waals surface area contributed by atoms with Crippen molar-refractivity contribution in [1.29, 1.82) is 0 Å². The summed E-state index contributed by atoms with van der Waals surface area (Å²) in [6.07, 6.45) is 0.257. The first-order valence-corrected chi connectivity index (χ1v) is 9.31. The van der Waals surface area contributed by atoms with Gasteiger partial charge in [0.25, 0.3) is 0 Å². The maximum absolute atomic E-state index is 13.1. The van der Waals surface area contributed by atoms with E-state index in [1.165, 1.54) is 38.3 Å². The highest BCUT2D eigenvalue weighted by atomic mass is 35.5. The molecule has 0 bridgehead atoms. The number of esters is 1. The zero-order valence-electron chi connectivity index (χ0n) is 16.1. The monoisotopic (exact) mass is 420 g/mol. The standard InChI is InChI=1S/C21H22ClFN2O4/c1-13(26)24-18(11-14-7-9-16(23)10-8-14)20(27)25-19(21(28)29-2)12-15-5-3-4-6-17(15)22/h3-10,18-19H,11-12H2,1-2H3,(H,24,26)(H,25,27)/t18-,19-/m0/s1. The van der Waals surface area contributed by atoms with E-state index in [2.05, 4.69) is 10.6 Å². The van der Waals surface area contributed by atoms with Crippen molar-refractivity contribution in [3.05, 3.63) is 70.5 Å². The van der Waals surface area contributed by atoms with Gasteiger partial charge in [0, 0.05) is 24.8 Å². The van der Waals surface area contributed by atoms with Gasteiger partial charge >= 0.3 is 5.97 Å². The first-order chi connectivity index (χ1) is 13.8. The number of amides is 2. The van der Waals surface area contributed by atoms with Crippen LogP contribution in [0.2, 0.25) is 5.02 Å². The number of methoxy groups -OCH3 is 1. The van der Waals surface area contributed by atoms with Crippen molar-refractivity contribution < 1.29 is 23.5 Å². The molecule has 0 saturated heterocycles. The van der Waals surface area contributed by atoms with Crippen LogP contribution in [-0.2, 0) is 32.0 Å². The lowest BCUT2D eigenvalue weighted by molar-refractivity contribution is -0.145. The summed E-state index contributed by atoms with van der Waals surface area (Å²) in [5.74, 6) is -2.01. The average Bonchev–Trinajstić information content (AvgIpc) is 2.69. The Morgan fingerprint density at radius 1 is 1.00 bits per heavy atom. The lowest BCUT2D eigenvalue weighted by Gasteiger charge is -2.22.